The minimum absolute atomic E-state index is 0.691. The van der Waals surface area contributed by atoms with Crippen LogP contribution in [0.5, 0.6) is 0 Å². The number of aliphatic hydroxyl groups is 3. The number of hydrogen-bond acceptors (Lipinski definition) is 3. The molecule has 0 aromatic heterocycles. The van der Waals surface area contributed by atoms with Crippen LogP contribution in [0.3, 0.4) is 0 Å². The van der Waals surface area contributed by atoms with Gasteiger partial charge in [0.2, 0.25) is 0 Å². The van der Waals surface area contributed by atoms with Crippen molar-refractivity contribution in [3.8, 4) is 0 Å². The fraction of sp³-hybridized carbons (Fsp3) is 1.00. The molecule has 3 nitrogen and oxygen atoms in total. The van der Waals surface area contributed by atoms with Gasteiger partial charge in [0.25, 0.3) is 5.97 Å². The molecule has 0 unspecified atom stereocenters. The highest BCUT2D eigenvalue weighted by molar-refractivity contribution is 4.85. The summed E-state index contributed by atoms with van der Waals surface area (Å²) in [6, 6.07) is 0. The molecule has 0 aliphatic carbocycles. The van der Waals surface area contributed by atoms with Crippen molar-refractivity contribution in [3.63, 3.8) is 0 Å². The van der Waals surface area contributed by atoms with Crippen molar-refractivity contribution in [2.75, 3.05) is 0 Å². The number of hydrogen-bond donors (Lipinski definition) is 3. The second kappa shape index (κ2) is 8.89. The number of unbranched alkanes of at least 4 members (excludes halogenated alkanes) is 4. The summed E-state index contributed by atoms with van der Waals surface area (Å²) in [7, 11) is 0. The van der Waals surface area contributed by atoms with Crippen molar-refractivity contribution in [3.05, 3.63) is 0 Å². The molecule has 0 atom stereocenters. The third kappa shape index (κ3) is 5.68. The Morgan fingerprint density at radius 2 is 1.00 bits per heavy atom. The zero-order chi connectivity index (χ0) is 14.1. The summed E-state index contributed by atoms with van der Waals surface area (Å²) in [5.74, 6) is -2.54. The van der Waals surface area contributed by atoms with Gasteiger partial charge in [0.05, 0.1) is 5.41 Å². The van der Waals surface area contributed by atoms with E-state index in [1.54, 1.807) is 0 Å². The Kier molecular flexibility index (Phi) is 8.83. The molecule has 0 amide bonds. The van der Waals surface area contributed by atoms with Crippen LogP contribution in [0, 0.1) is 5.41 Å². The molecular formula is C15H32O3. The second-order valence-corrected chi connectivity index (χ2v) is 5.58. The average Bonchev–Trinajstić information content (AvgIpc) is 2.31. The van der Waals surface area contributed by atoms with Crippen LogP contribution in [0.4, 0.5) is 0 Å². The summed E-state index contributed by atoms with van der Waals surface area (Å²) in [6.45, 7) is 6.30. The van der Waals surface area contributed by atoms with E-state index >= 15 is 0 Å². The van der Waals surface area contributed by atoms with Gasteiger partial charge >= 0.3 is 0 Å². The molecule has 0 spiro atoms. The molecule has 0 bridgehead atoms. The lowest BCUT2D eigenvalue weighted by molar-refractivity contribution is -0.380. The fourth-order valence-corrected chi connectivity index (χ4v) is 2.62. The van der Waals surface area contributed by atoms with Crippen LogP contribution >= 0.6 is 0 Å². The molecule has 110 valence electrons. The maximum Gasteiger partial charge on any atom is 0.281 e. The minimum atomic E-state index is -2.54. The Morgan fingerprint density at radius 3 is 1.33 bits per heavy atom. The van der Waals surface area contributed by atoms with E-state index in [0.29, 0.717) is 19.3 Å². The topological polar surface area (TPSA) is 60.7 Å². The lowest BCUT2D eigenvalue weighted by Crippen LogP contribution is -2.48. The largest absolute Gasteiger partial charge is 0.343 e. The highest BCUT2D eigenvalue weighted by atomic mass is 16.7. The molecule has 0 fully saturated rings. The predicted octanol–water partition coefficient (Wildman–Crippen LogP) is 3.56. The Balaban J connectivity index is 4.75. The molecule has 3 heteroatoms. The fourth-order valence-electron chi connectivity index (χ4n) is 2.62. The monoisotopic (exact) mass is 260 g/mol. The summed E-state index contributed by atoms with van der Waals surface area (Å²) in [6.07, 6.45) is 9.10. The van der Waals surface area contributed by atoms with Crippen LogP contribution in [0.2, 0.25) is 0 Å². The number of rotatable bonds is 11. The van der Waals surface area contributed by atoms with Crippen molar-refractivity contribution < 1.29 is 15.3 Å². The zero-order valence-corrected chi connectivity index (χ0v) is 12.4. The Morgan fingerprint density at radius 1 is 0.611 bits per heavy atom. The SMILES string of the molecule is CCCCCC(CCCC)(CCCC)C(O)(O)O. The first-order valence-electron chi connectivity index (χ1n) is 7.60. The van der Waals surface area contributed by atoms with E-state index in [-0.39, 0.29) is 0 Å². The second-order valence-electron chi connectivity index (χ2n) is 5.58. The van der Waals surface area contributed by atoms with Crippen LogP contribution in [0.25, 0.3) is 0 Å². The van der Waals surface area contributed by atoms with Gasteiger partial charge in [-0.2, -0.15) is 0 Å². The van der Waals surface area contributed by atoms with Gasteiger partial charge in [-0.15, -0.1) is 0 Å². The molecule has 0 saturated heterocycles. The molecule has 0 saturated carbocycles. The zero-order valence-electron chi connectivity index (χ0n) is 12.4. The summed E-state index contributed by atoms with van der Waals surface area (Å²) in [5.41, 5.74) is -0.742. The van der Waals surface area contributed by atoms with Gasteiger partial charge in [0.1, 0.15) is 0 Å². The highest BCUT2D eigenvalue weighted by Gasteiger charge is 2.46. The van der Waals surface area contributed by atoms with Gasteiger partial charge < -0.3 is 15.3 Å². The third-order valence-electron chi connectivity index (χ3n) is 3.99. The molecule has 0 aliphatic heterocycles. The standard InChI is InChI=1S/C15H32O3/c1-4-7-10-13-14(11-8-5-2,12-9-6-3)15(16,17)18/h16-18H,4-13H2,1-3H3. The van der Waals surface area contributed by atoms with Crippen LogP contribution in [0.15, 0.2) is 0 Å². The van der Waals surface area contributed by atoms with Gasteiger partial charge in [0.15, 0.2) is 0 Å². The smallest absolute Gasteiger partial charge is 0.281 e. The molecule has 0 aromatic carbocycles. The third-order valence-corrected chi connectivity index (χ3v) is 3.99. The first-order chi connectivity index (χ1) is 8.43. The first kappa shape index (κ1) is 17.9. The van der Waals surface area contributed by atoms with E-state index in [1.165, 1.54) is 0 Å². The molecule has 0 radical (unpaired) electrons. The maximum atomic E-state index is 9.79. The van der Waals surface area contributed by atoms with Gasteiger partial charge in [-0.25, -0.2) is 0 Å². The van der Waals surface area contributed by atoms with Crippen molar-refractivity contribution in [2.24, 2.45) is 5.41 Å². The van der Waals surface area contributed by atoms with Crippen molar-refractivity contribution in [2.45, 2.75) is 91.0 Å². The molecular weight excluding hydrogens is 228 g/mol. The van der Waals surface area contributed by atoms with Crippen molar-refractivity contribution in [1.29, 1.82) is 0 Å². The van der Waals surface area contributed by atoms with E-state index in [2.05, 4.69) is 20.8 Å². The van der Waals surface area contributed by atoms with E-state index in [0.717, 1.165) is 44.9 Å². The van der Waals surface area contributed by atoms with Gasteiger partial charge in [-0.3, -0.25) is 0 Å². The summed E-state index contributed by atoms with van der Waals surface area (Å²) >= 11 is 0. The molecule has 0 heterocycles. The summed E-state index contributed by atoms with van der Waals surface area (Å²) in [5, 5.41) is 29.4. The van der Waals surface area contributed by atoms with Gasteiger partial charge in [-0.05, 0) is 19.3 Å². The van der Waals surface area contributed by atoms with E-state index in [4.69, 9.17) is 0 Å². The molecule has 3 N–H and O–H groups in total. The lowest BCUT2D eigenvalue weighted by Gasteiger charge is -2.41. The Bertz CT molecular complexity index is 188. The van der Waals surface area contributed by atoms with Crippen LogP contribution < -0.4 is 0 Å². The molecule has 0 aromatic rings. The van der Waals surface area contributed by atoms with Crippen molar-refractivity contribution >= 4 is 0 Å². The molecule has 0 aliphatic rings. The first-order valence-corrected chi connectivity index (χ1v) is 7.60. The molecule has 0 rings (SSSR count). The molecule has 18 heavy (non-hydrogen) atoms. The summed E-state index contributed by atoms with van der Waals surface area (Å²) in [4.78, 5) is 0. The average molecular weight is 260 g/mol. The van der Waals surface area contributed by atoms with E-state index in [1.807, 2.05) is 0 Å². The Labute approximate surface area is 112 Å². The van der Waals surface area contributed by atoms with Gasteiger partial charge in [-0.1, -0.05) is 65.7 Å². The predicted molar refractivity (Wildman–Crippen MR) is 75.0 cm³/mol. The van der Waals surface area contributed by atoms with Crippen LogP contribution in [-0.4, -0.2) is 21.3 Å². The normalized spacial score (nSPS) is 13.0. The summed E-state index contributed by atoms with van der Waals surface area (Å²) < 4.78 is 0. The van der Waals surface area contributed by atoms with Crippen molar-refractivity contribution in [1.82, 2.24) is 0 Å². The van der Waals surface area contributed by atoms with E-state index in [9.17, 15) is 15.3 Å². The van der Waals surface area contributed by atoms with Gasteiger partial charge in [0, 0.05) is 0 Å². The van der Waals surface area contributed by atoms with Crippen LogP contribution in [0.1, 0.15) is 85.0 Å². The lowest BCUT2D eigenvalue weighted by atomic mass is 9.72. The Hall–Kier alpha value is -0.120. The maximum absolute atomic E-state index is 9.79. The quantitative estimate of drug-likeness (QED) is 0.393. The van der Waals surface area contributed by atoms with Crippen LogP contribution in [-0.2, 0) is 0 Å². The minimum Gasteiger partial charge on any atom is -0.343 e. The van der Waals surface area contributed by atoms with E-state index < -0.39 is 11.4 Å². The highest BCUT2D eigenvalue weighted by Crippen LogP contribution is 2.43.